The molecule has 0 aliphatic rings. The van der Waals surface area contributed by atoms with Gasteiger partial charge in [-0.1, -0.05) is 18.2 Å². The number of methoxy groups -OCH3 is 1. The van der Waals surface area contributed by atoms with Crippen molar-refractivity contribution in [3.63, 3.8) is 0 Å². The molecule has 1 heterocycles. The van der Waals surface area contributed by atoms with Gasteiger partial charge in [-0.25, -0.2) is 4.98 Å². The number of benzene rings is 1. The molecule has 0 saturated carbocycles. The lowest BCUT2D eigenvalue weighted by Crippen LogP contribution is -2.17. The van der Waals surface area contributed by atoms with E-state index in [2.05, 4.69) is 28.4 Å². The Kier molecular flexibility index (Phi) is 4.33. The van der Waals surface area contributed by atoms with E-state index in [1.54, 1.807) is 18.4 Å². The Hall–Kier alpha value is -1.39. The second-order valence-electron chi connectivity index (χ2n) is 4.34. The lowest BCUT2D eigenvalue weighted by molar-refractivity contribution is 0.307. The zero-order chi connectivity index (χ0) is 13.0. The topological polar surface area (TPSA) is 25.4 Å². The Balaban J connectivity index is 2.00. The van der Waals surface area contributed by atoms with Gasteiger partial charge in [0.1, 0.15) is 5.75 Å². The van der Waals surface area contributed by atoms with Gasteiger partial charge in [0.2, 0.25) is 0 Å². The third kappa shape index (κ3) is 3.31. The van der Waals surface area contributed by atoms with Crippen LogP contribution in [-0.2, 0) is 13.1 Å². The monoisotopic (exact) mass is 262 g/mol. The van der Waals surface area contributed by atoms with Gasteiger partial charge in [-0.3, -0.25) is 4.90 Å². The number of ether oxygens (including phenoxy) is 1. The van der Waals surface area contributed by atoms with Crippen molar-refractivity contribution in [2.75, 3.05) is 14.2 Å². The third-order valence-corrected chi connectivity index (χ3v) is 3.55. The number of thiazole rings is 1. The predicted octanol–water partition coefficient (Wildman–Crippen LogP) is 3.09. The van der Waals surface area contributed by atoms with Crippen LogP contribution in [0, 0.1) is 6.92 Å². The Morgan fingerprint density at radius 2 is 2.06 bits per heavy atom. The van der Waals surface area contributed by atoms with Crippen LogP contribution < -0.4 is 4.74 Å². The number of rotatable bonds is 5. The molecule has 96 valence electrons. The highest BCUT2D eigenvalue weighted by Gasteiger charge is 2.07. The van der Waals surface area contributed by atoms with Crippen LogP contribution in [0.25, 0.3) is 0 Å². The fourth-order valence-electron chi connectivity index (χ4n) is 1.94. The van der Waals surface area contributed by atoms with E-state index in [1.165, 1.54) is 5.56 Å². The first-order valence-electron chi connectivity index (χ1n) is 5.90. The lowest BCUT2D eigenvalue weighted by atomic mass is 10.2. The molecule has 2 aromatic rings. The first-order valence-corrected chi connectivity index (χ1v) is 6.78. The van der Waals surface area contributed by atoms with Gasteiger partial charge in [0.05, 0.1) is 17.8 Å². The summed E-state index contributed by atoms with van der Waals surface area (Å²) in [6.45, 7) is 3.76. The molecule has 2 rings (SSSR count). The van der Waals surface area contributed by atoms with Crippen LogP contribution in [0.1, 0.15) is 16.3 Å². The molecular formula is C14H18N2OS. The second kappa shape index (κ2) is 5.98. The largest absolute Gasteiger partial charge is 0.496 e. The maximum atomic E-state index is 5.36. The molecule has 1 aromatic heterocycles. The van der Waals surface area contributed by atoms with Crippen molar-refractivity contribution in [2.45, 2.75) is 20.0 Å². The smallest absolute Gasteiger partial charge is 0.123 e. The first kappa shape index (κ1) is 13.1. The number of aromatic nitrogens is 1. The van der Waals surface area contributed by atoms with Crippen molar-refractivity contribution in [2.24, 2.45) is 0 Å². The van der Waals surface area contributed by atoms with Crippen molar-refractivity contribution < 1.29 is 4.74 Å². The highest BCUT2D eigenvalue weighted by atomic mass is 32.1. The molecule has 3 nitrogen and oxygen atoms in total. The highest BCUT2D eigenvalue weighted by molar-refractivity contribution is 7.09. The maximum Gasteiger partial charge on any atom is 0.123 e. The molecular weight excluding hydrogens is 244 g/mol. The molecule has 0 fully saturated rings. The van der Waals surface area contributed by atoms with Gasteiger partial charge < -0.3 is 4.74 Å². The molecule has 0 bridgehead atoms. The van der Waals surface area contributed by atoms with E-state index in [1.807, 2.05) is 25.1 Å². The molecule has 18 heavy (non-hydrogen) atoms. The molecule has 0 atom stereocenters. The third-order valence-electron chi connectivity index (χ3n) is 2.73. The minimum atomic E-state index is 0.862. The molecule has 4 heteroatoms. The molecule has 0 aliphatic carbocycles. The van der Waals surface area contributed by atoms with E-state index in [0.717, 1.165) is 29.5 Å². The molecule has 0 amide bonds. The van der Waals surface area contributed by atoms with Crippen molar-refractivity contribution in [3.8, 4) is 5.75 Å². The van der Waals surface area contributed by atoms with E-state index < -0.39 is 0 Å². The fraction of sp³-hybridized carbons (Fsp3) is 0.357. The molecule has 0 saturated heterocycles. The number of aryl methyl sites for hydroxylation is 1. The quantitative estimate of drug-likeness (QED) is 0.828. The summed E-state index contributed by atoms with van der Waals surface area (Å²) >= 11 is 1.70. The minimum Gasteiger partial charge on any atom is -0.496 e. The Morgan fingerprint density at radius 3 is 2.72 bits per heavy atom. The van der Waals surface area contributed by atoms with Gasteiger partial charge in [0.15, 0.2) is 0 Å². The first-order chi connectivity index (χ1) is 8.69. The number of hydrogen-bond acceptors (Lipinski definition) is 4. The van der Waals surface area contributed by atoms with Crippen molar-refractivity contribution in [1.29, 1.82) is 0 Å². The van der Waals surface area contributed by atoms with Gasteiger partial charge in [0, 0.05) is 24.0 Å². The normalized spacial score (nSPS) is 10.9. The van der Waals surface area contributed by atoms with E-state index in [0.29, 0.717) is 0 Å². The van der Waals surface area contributed by atoms with Crippen molar-refractivity contribution in [1.82, 2.24) is 9.88 Å². The summed E-state index contributed by atoms with van der Waals surface area (Å²) in [6, 6.07) is 8.13. The van der Waals surface area contributed by atoms with E-state index in [9.17, 15) is 0 Å². The Bertz CT molecular complexity index is 510. The summed E-state index contributed by atoms with van der Waals surface area (Å²) in [5, 5.41) is 3.24. The summed E-state index contributed by atoms with van der Waals surface area (Å²) in [6.07, 6.45) is 0. The highest BCUT2D eigenvalue weighted by Crippen LogP contribution is 2.19. The van der Waals surface area contributed by atoms with Gasteiger partial charge in [0.25, 0.3) is 0 Å². The summed E-state index contributed by atoms with van der Waals surface area (Å²) in [7, 11) is 3.81. The zero-order valence-corrected chi connectivity index (χ0v) is 11.8. The standard InChI is InChI=1S/C14H18N2OS/c1-11-15-13(10-18-11)9-16(2)8-12-6-4-5-7-14(12)17-3/h4-7,10H,8-9H2,1-3H3. The number of nitrogens with zero attached hydrogens (tertiary/aromatic N) is 2. The van der Waals surface area contributed by atoms with Crippen LogP contribution in [0.15, 0.2) is 29.6 Å². The summed E-state index contributed by atoms with van der Waals surface area (Å²) in [5.74, 6) is 0.943. The molecule has 0 radical (unpaired) electrons. The number of hydrogen-bond donors (Lipinski definition) is 0. The van der Waals surface area contributed by atoms with Gasteiger partial charge in [-0.2, -0.15) is 0 Å². The Labute approximate surface area is 112 Å². The summed E-state index contributed by atoms with van der Waals surface area (Å²) in [4.78, 5) is 6.72. The van der Waals surface area contributed by atoms with E-state index >= 15 is 0 Å². The fourth-order valence-corrected chi connectivity index (χ4v) is 2.54. The van der Waals surface area contributed by atoms with Crippen LogP contribution in [0.5, 0.6) is 5.75 Å². The summed E-state index contributed by atoms with van der Waals surface area (Å²) in [5.41, 5.74) is 2.34. The van der Waals surface area contributed by atoms with E-state index in [-0.39, 0.29) is 0 Å². The van der Waals surface area contributed by atoms with Crippen molar-refractivity contribution in [3.05, 3.63) is 45.9 Å². The minimum absolute atomic E-state index is 0.862. The van der Waals surface area contributed by atoms with Crippen LogP contribution in [0.3, 0.4) is 0 Å². The second-order valence-corrected chi connectivity index (χ2v) is 5.40. The average molecular weight is 262 g/mol. The summed E-state index contributed by atoms with van der Waals surface area (Å²) < 4.78 is 5.36. The van der Waals surface area contributed by atoms with E-state index in [4.69, 9.17) is 4.74 Å². The van der Waals surface area contributed by atoms with Crippen LogP contribution in [-0.4, -0.2) is 24.0 Å². The van der Waals surface area contributed by atoms with Gasteiger partial charge in [-0.15, -0.1) is 11.3 Å². The van der Waals surface area contributed by atoms with Gasteiger partial charge in [-0.05, 0) is 20.0 Å². The zero-order valence-electron chi connectivity index (χ0n) is 11.0. The maximum absolute atomic E-state index is 5.36. The molecule has 0 spiro atoms. The average Bonchev–Trinajstić information content (AvgIpc) is 2.75. The van der Waals surface area contributed by atoms with Crippen molar-refractivity contribution >= 4 is 11.3 Å². The van der Waals surface area contributed by atoms with Crippen LogP contribution >= 0.6 is 11.3 Å². The van der Waals surface area contributed by atoms with Crippen LogP contribution in [0.2, 0.25) is 0 Å². The SMILES string of the molecule is COc1ccccc1CN(C)Cc1csc(C)n1. The van der Waals surface area contributed by atoms with Crippen LogP contribution in [0.4, 0.5) is 0 Å². The molecule has 0 N–H and O–H groups in total. The van der Waals surface area contributed by atoms with Gasteiger partial charge >= 0.3 is 0 Å². The number of para-hydroxylation sites is 1. The Morgan fingerprint density at radius 1 is 1.28 bits per heavy atom. The predicted molar refractivity (Wildman–Crippen MR) is 75.0 cm³/mol. The molecule has 1 aromatic carbocycles. The molecule has 0 aliphatic heterocycles. The lowest BCUT2D eigenvalue weighted by Gasteiger charge is -2.17. The molecule has 0 unspecified atom stereocenters.